The van der Waals surface area contributed by atoms with E-state index in [1.807, 2.05) is 54.6 Å². The maximum atomic E-state index is 12.9. The lowest BCUT2D eigenvalue weighted by atomic mass is 10.1. The van der Waals surface area contributed by atoms with Gasteiger partial charge in [-0.3, -0.25) is 14.6 Å². The smallest absolute Gasteiger partial charge is 0.296 e. The maximum Gasteiger partial charge on any atom is 0.296 e. The minimum absolute atomic E-state index is 0.314. The monoisotopic (exact) mass is 370 g/mol. The molecule has 0 aliphatic carbocycles. The Balaban J connectivity index is 1.66. The van der Waals surface area contributed by atoms with Gasteiger partial charge in [0.15, 0.2) is 0 Å². The van der Waals surface area contributed by atoms with Crippen LogP contribution in [0.3, 0.4) is 0 Å². The van der Waals surface area contributed by atoms with Crippen molar-refractivity contribution < 1.29 is 9.59 Å². The van der Waals surface area contributed by atoms with Gasteiger partial charge in [-0.1, -0.05) is 36.4 Å². The van der Waals surface area contributed by atoms with Crippen molar-refractivity contribution in [1.82, 2.24) is 14.8 Å². The molecule has 2 aromatic carbocycles. The van der Waals surface area contributed by atoms with Crippen molar-refractivity contribution in [2.75, 3.05) is 5.32 Å². The Morgan fingerprint density at radius 1 is 0.929 bits per heavy atom. The molecule has 0 bridgehead atoms. The molecule has 0 unspecified atom stereocenters. The van der Waals surface area contributed by atoms with Gasteiger partial charge in [-0.15, -0.1) is 0 Å². The van der Waals surface area contributed by atoms with Gasteiger partial charge in [-0.25, -0.2) is 4.68 Å². The summed E-state index contributed by atoms with van der Waals surface area (Å²) in [5, 5.41) is 8.03. The zero-order valence-electron chi connectivity index (χ0n) is 15.5. The first-order valence-electron chi connectivity index (χ1n) is 8.87. The Bertz CT molecular complexity index is 1190. The van der Waals surface area contributed by atoms with Gasteiger partial charge in [0.25, 0.3) is 11.7 Å². The number of nitrogens with one attached hydrogen (secondary N) is 1. The zero-order chi connectivity index (χ0) is 19.7. The summed E-state index contributed by atoms with van der Waals surface area (Å²) < 4.78 is 1.68. The lowest BCUT2D eigenvalue weighted by molar-refractivity contribution is -0.112. The number of benzene rings is 2. The van der Waals surface area contributed by atoms with Crippen LogP contribution >= 0.6 is 0 Å². The molecule has 6 nitrogen and oxygen atoms in total. The van der Waals surface area contributed by atoms with E-state index in [4.69, 9.17) is 0 Å². The second-order valence-corrected chi connectivity index (χ2v) is 6.46. The largest absolute Gasteiger partial charge is 0.317 e. The topological polar surface area (TPSA) is 76.9 Å². The Hall–Kier alpha value is -3.80. The van der Waals surface area contributed by atoms with Crippen molar-refractivity contribution in [2.45, 2.75) is 13.8 Å². The van der Waals surface area contributed by atoms with Gasteiger partial charge in [0.05, 0.1) is 33.8 Å². The molecule has 2 aromatic heterocycles. The van der Waals surface area contributed by atoms with Crippen molar-refractivity contribution in [3.8, 4) is 5.69 Å². The number of carbonyl (C=O) groups excluding carboxylic acids is 2. The van der Waals surface area contributed by atoms with E-state index in [1.165, 1.54) is 0 Å². The van der Waals surface area contributed by atoms with Crippen LogP contribution < -0.4 is 5.32 Å². The number of ketones is 1. The quantitative estimate of drug-likeness (QED) is 0.437. The van der Waals surface area contributed by atoms with Crippen molar-refractivity contribution in [1.29, 1.82) is 0 Å². The summed E-state index contributed by atoms with van der Waals surface area (Å²) in [5.74, 6) is -1.33. The number of nitrogens with zero attached hydrogens (tertiary/aromatic N) is 3. The number of hydrogen-bond donors (Lipinski definition) is 1. The molecule has 28 heavy (non-hydrogen) atoms. The van der Waals surface area contributed by atoms with E-state index in [9.17, 15) is 9.59 Å². The summed E-state index contributed by atoms with van der Waals surface area (Å²) in [7, 11) is 0. The van der Waals surface area contributed by atoms with Crippen molar-refractivity contribution in [2.24, 2.45) is 0 Å². The van der Waals surface area contributed by atoms with E-state index < -0.39 is 11.7 Å². The van der Waals surface area contributed by atoms with Crippen molar-refractivity contribution >= 4 is 28.3 Å². The lowest BCUT2D eigenvalue weighted by Crippen LogP contribution is -2.24. The van der Waals surface area contributed by atoms with Crippen LogP contribution in [-0.2, 0) is 4.79 Å². The van der Waals surface area contributed by atoms with Crippen LogP contribution in [0.15, 0.2) is 66.9 Å². The van der Waals surface area contributed by atoms with E-state index in [-0.39, 0.29) is 0 Å². The van der Waals surface area contributed by atoms with Gasteiger partial charge in [0.1, 0.15) is 0 Å². The van der Waals surface area contributed by atoms with Crippen molar-refractivity contribution in [3.05, 3.63) is 83.8 Å². The zero-order valence-corrected chi connectivity index (χ0v) is 15.5. The SMILES string of the molecule is Cc1nn(-c2ccccc2)c(C)c1C(=O)C(=O)Nc1cccc2cccnc12. The van der Waals surface area contributed by atoms with Crippen LogP contribution in [0, 0.1) is 13.8 Å². The van der Waals surface area contributed by atoms with Gasteiger partial charge in [0, 0.05) is 11.6 Å². The van der Waals surface area contributed by atoms with Crippen LogP contribution in [0.25, 0.3) is 16.6 Å². The second kappa shape index (κ2) is 7.08. The highest BCUT2D eigenvalue weighted by Crippen LogP contribution is 2.22. The van der Waals surface area contributed by atoms with E-state index in [2.05, 4.69) is 15.4 Å². The number of fused-ring (bicyclic) bond motifs is 1. The van der Waals surface area contributed by atoms with Crippen LogP contribution in [-0.4, -0.2) is 26.5 Å². The molecule has 0 aliphatic heterocycles. The molecule has 4 aromatic rings. The highest BCUT2D eigenvalue weighted by Gasteiger charge is 2.25. The predicted octanol–water partition coefficient (Wildman–Crippen LogP) is 3.86. The first-order chi connectivity index (χ1) is 13.6. The highest BCUT2D eigenvalue weighted by molar-refractivity contribution is 6.47. The molecular weight excluding hydrogens is 352 g/mol. The van der Waals surface area contributed by atoms with Gasteiger partial charge < -0.3 is 5.32 Å². The molecule has 0 saturated heterocycles. The number of amides is 1. The number of Topliss-reactive ketones (excluding diaryl/α,β-unsaturated/α-hetero) is 1. The number of pyridine rings is 1. The van der Waals surface area contributed by atoms with Crippen LogP contribution in [0.2, 0.25) is 0 Å². The van der Waals surface area contributed by atoms with Crippen LogP contribution in [0.5, 0.6) is 0 Å². The summed E-state index contributed by atoms with van der Waals surface area (Å²) in [6.45, 7) is 3.51. The van der Waals surface area contributed by atoms with Gasteiger partial charge in [-0.2, -0.15) is 5.10 Å². The lowest BCUT2D eigenvalue weighted by Gasteiger charge is -2.08. The fourth-order valence-corrected chi connectivity index (χ4v) is 3.29. The van der Waals surface area contributed by atoms with Gasteiger partial charge in [0.2, 0.25) is 0 Å². The summed E-state index contributed by atoms with van der Waals surface area (Å²) in [4.78, 5) is 29.9. The number of aryl methyl sites for hydroxylation is 1. The Morgan fingerprint density at radius 2 is 1.68 bits per heavy atom. The number of hydrogen-bond acceptors (Lipinski definition) is 4. The van der Waals surface area contributed by atoms with E-state index in [1.54, 1.807) is 30.8 Å². The molecule has 6 heteroatoms. The predicted molar refractivity (Wildman–Crippen MR) is 108 cm³/mol. The second-order valence-electron chi connectivity index (χ2n) is 6.46. The van der Waals surface area contributed by atoms with E-state index in [0.717, 1.165) is 11.1 Å². The molecule has 1 amide bonds. The van der Waals surface area contributed by atoms with Crippen LogP contribution in [0.4, 0.5) is 5.69 Å². The maximum absolute atomic E-state index is 12.9. The Morgan fingerprint density at radius 3 is 2.46 bits per heavy atom. The summed E-state index contributed by atoms with van der Waals surface area (Å²) in [6, 6.07) is 18.7. The Labute approximate surface area is 161 Å². The molecule has 0 atom stereocenters. The molecule has 0 aliphatic rings. The fraction of sp³-hybridized carbons (Fsp3) is 0.0909. The number of aromatic nitrogens is 3. The van der Waals surface area contributed by atoms with E-state index >= 15 is 0 Å². The van der Waals surface area contributed by atoms with Gasteiger partial charge >= 0.3 is 0 Å². The third-order valence-electron chi connectivity index (χ3n) is 4.61. The summed E-state index contributed by atoms with van der Waals surface area (Å²) >= 11 is 0. The minimum atomic E-state index is -0.711. The van der Waals surface area contributed by atoms with Gasteiger partial charge in [-0.05, 0) is 38.1 Å². The average Bonchev–Trinajstić information content (AvgIpc) is 3.02. The first kappa shape index (κ1) is 17.6. The molecule has 0 radical (unpaired) electrons. The molecule has 2 heterocycles. The molecule has 4 rings (SSSR count). The standard InChI is InChI=1S/C22H18N4O2/c1-14-19(15(2)26(25-14)17-10-4-3-5-11-17)21(27)22(28)24-18-12-6-8-16-9-7-13-23-20(16)18/h3-13H,1-2H3,(H,24,28). The third-order valence-corrected chi connectivity index (χ3v) is 4.61. The van der Waals surface area contributed by atoms with E-state index in [0.29, 0.717) is 28.2 Å². The number of rotatable bonds is 4. The molecule has 138 valence electrons. The minimum Gasteiger partial charge on any atom is -0.317 e. The molecule has 0 saturated carbocycles. The fourth-order valence-electron chi connectivity index (χ4n) is 3.29. The first-order valence-corrected chi connectivity index (χ1v) is 8.87. The number of anilines is 1. The highest BCUT2D eigenvalue weighted by atomic mass is 16.2. The number of para-hydroxylation sites is 2. The molecular formula is C22H18N4O2. The normalized spacial score (nSPS) is 10.8. The molecule has 0 spiro atoms. The molecule has 1 N–H and O–H groups in total. The van der Waals surface area contributed by atoms with Crippen molar-refractivity contribution in [3.63, 3.8) is 0 Å². The third kappa shape index (κ3) is 3.05. The van der Waals surface area contributed by atoms with Crippen LogP contribution in [0.1, 0.15) is 21.7 Å². The Kier molecular flexibility index (Phi) is 4.45. The number of carbonyl (C=O) groups is 2. The average molecular weight is 370 g/mol. The summed E-state index contributed by atoms with van der Waals surface area (Å²) in [6.07, 6.45) is 1.65. The summed E-state index contributed by atoms with van der Waals surface area (Å²) in [5.41, 5.74) is 3.43. The molecule has 0 fully saturated rings.